The van der Waals surface area contributed by atoms with Crippen molar-refractivity contribution in [1.82, 2.24) is 15.0 Å². The highest BCUT2D eigenvalue weighted by Crippen LogP contribution is 2.26. The summed E-state index contributed by atoms with van der Waals surface area (Å²) < 4.78 is 1.38. The molecule has 1 aromatic heterocycles. The Balaban J connectivity index is 1.66. The molecule has 0 unspecified atom stereocenters. The van der Waals surface area contributed by atoms with Crippen LogP contribution >= 0.6 is 0 Å². The van der Waals surface area contributed by atoms with Crippen LogP contribution in [0.4, 0.5) is 5.69 Å². The van der Waals surface area contributed by atoms with Crippen LogP contribution in [0.1, 0.15) is 49.0 Å². The Hall–Kier alpha value is -2.70. The molecule has 2 N–H and O–H groups in total. The third-order valence-electron chi connectivity index (χ3n) is 4.31. The predicted molar refractivity (Wildman–Crippen MR) is 88.1 cm³/mol. The molecule has 0 bridgehead atoms. The van der Waals surface area contributed by atoms with Crippen molar-refractivity contribution in [2.24, 2.45) is 5.92 Å². The molecule has 1 saturated carbocycles. The summed E-state index contributed by atoms with van der Waals surface area (Å²) in [6.45, 7) is 0. The summed E-state index contributed by atoms with van der Waals surface area (Å²) in [6.07, 6.45) is 7.85. The van der Waals surface area contributed by atoms with E-state index in [0.29, 0.717) is 23.7 Å². The molecular formula is C17H20N4O3. The molecule has 0 radical (unpaired) electrons. The maximum absolute atomic E-state index is 12.2. The highest BCUT2D eigenvalue weighted by molar-refractivity contribution is 5.91. The minimum absolute atomic E-state index is 0.0175. The van der Waals surface area contributed by atoms with Crippen molar-refractivity contribution in [2.45, 2.75) is 38.5 Å². The van der Waals surface area contributed by atoms with E-state index in [1.807, 2.05) is 0 Å². The van der Waals surface area contributed by atoms with Gasteiger partial charge in [-0.1, -0.05) is 30.5 Å². The van der Waals surface area contributed by atoms with Crippen molar-refractivity contribution in [3.05, 3.63) is 36.2 Å². The van der Waals surface area contributed by atoms with Crippen LogP contribution in [0.25, 0.3) is 5.69 Å². The number of carbonyl (C=O) groups excluding carboxylic acids is 1. The lowest BCUT2D eigenvalue weighted by atomic mass is 9.87. The first-order valence-electron chi connectivity index (χ1n) is 8.18. The van der Waals surface area contributed by atoms with E-state index >= 15 is 0 Å². The number of aromatic carboxylic acids is 1. The Morgan fingerprint density at radius 1 is 1.25 bits per heavy atom. The van der Waals surface area contributed by atoms with Crippen LogP contribution in [-0.2, 0) is 4.79 Å². The number of carboxylic acid groups (broad SMARTS) is 1. The number of nitrogens with one attached hydrogen (secondary N) is 1. The maximum atomic E-state index is 12.2. The molecule has 1 amide bonds. The van der Waals surface area contributed by atoms with Gasteiger partial charge in [0.1, 0.15) is 0 Å². The molecule has 2 aromatic rings. The highest BCUT2D eigenvalue weighted by atomic mass is 16.4. The number of amides is 1. The second kappa shape index (κ2) is 7.25. The summed E-state index contributed by atoms with van der Waals surface area (Å²) in [6, 6.07) is 7.11. The lowest BCUT2D eigenvalue weighted by molar-refractivity contribution is -0.117. The second-order valence-corrected chi connectivity index (χ2v) is 6.16. The van der Waals surface area contributed by atoms with Crippen LogP contribution in [0.3, 0.4) is 0 Å². The maximum Gasteiger partial charge on any atom is 0.358 e. The van der Waals surface area contributed by atoms with Gasteiger partial charge in [-0.05, 0) is 37.0 Å². The molecule has 126 valence electrons. The van der Waals surface area contributed by atoms with Gasteiger partial charge in [0.25, 0.3) is 0 Å². The number of carboxylic acids is 1. The first-order chi connectivity index (χ1) is 11.6. The van der Waals surface area contributed by atoms with Crippen molar-refractivity contribution >= 4 is 17.6 Å². The predicted octanol–water partition coefficient (Wildman–Crippen LogP) is 2.87. The molecule has 1 aliphatic rings. The summed E-state index contributed by atoms with van der Waals surface area (Å²) in [4.78, 5) is 23.1. The third-order valence-corrected chi connectivity index (χ3v) is 4.31. The lowest BCUT2D eigenvalue weighted by Gasteiger charge is -2.20. The van der Waals surface area contributed by atoms with Crippen LogP contribution < -0.4 is 5.32 Å². The SMILES string of the molecule is O=C(CC1CCCCC1)Nc1cccc(-n2cc(C(=O)O)nn2)c1. The van der Waals surface area contributed by atoms with Gasteiger partial charge in [-0.3, -0.25) is 4.79 Å². The zero-order chi connectivity index (χ0) is 16.9. The van der Waals surface area contributed by atoms with E-state index in [-0.39, 0.29) is 11.6 Å². The van der Waals surface area contributed by atoms with Crippen molar-refractivity contribution < 1.29 is 14.7 Å². The monoisotopic (exact) mass is 328 g/mol. The van der Waals surface area contributed by atoms with Gasteiger partial charge in [0.05, 0.1) is 11.9 Å². The fraction of sp³-hybridized carbons (Fsp3) is 0.412. The third kappa shape index (κ3) is 3.98. The molecule has 1 heterocycles. The number of anilines is 1. The summed E-state index contributed by atoms with van der Waals surface area (Å²) in [5.41, 5.74) is 1.19. The largest absolute Gasteiger partial charge is 0.476 e. The number of carbonyl (C=O) groups is 2. The van der Waals surface area contributed by atoms with Gasteiger partial charge in [0, 0.05) is 12.1 Å². The Kier molecular flexibility index (Phi) is 4.88. The minimum atomic E-state index is -1.13. The Labute approximate surface area is 139 Å². The van der Waals surface area contributed by atoms with Crippen LogP contribution in [0.15, 0.2) is 30.5 Å². The lowest BCUT2D eigenvalue weighted by Crippen LogP contribution is -2.18. The van der Waals surface area contributed by atoms with Gasteiger partial charge in [-0.15, -0.1) is 5.10 Å². The van der Waals surface area contributed by atoms with Crippen molar-refractivity contribution in [3.8, 4) is 5.69 Å². The number of benzene rings is 1. The standard InChI is InChI=1S/C17H20N4O3/c22-16(9-12-5-2-1-3-6-12)18-13-7-4-8-14(10-13)21-11-15(17(23)24)19-20-21/h4,7-8,10-12H,1-3,5-6,9H2,(H,18,22)(H,23,24). The summed E-state index contributed by atoms with van der Waals surface area (Å²) in [7, 11) is 0. The number of hydrogen-bond donors (Lipinski definition) is 2. The van der Waals surface area contributed by atoms with Crippen LogP contribution in [-0.4, -0.2) is 32.0 Å². The number of nitrogens with zero attached hydrogens (tertiary/aromatic N) is 3. The Morgan fingerprint density at radius 2 is 2.04 bits per heavy atom. The molecule has 1 fully saturated rings. The van der Waals surface area contributed by atoms with E-state index in [1.165, 1.54) is 30.1 Å². The molecule has 7 nitrogen and oxygen atoms in total. The quantitative estimate of drug-likeness (QED) is 0.879. The molecule has 1 aliphatic carbocycles. The van der Waals surface area contributed by atoms with Crippen LogP contribution in [0.5, 0.6) is 0 Å². The van der Waals surface area contributed by atoms with Crippen molar-refractivity contribution in [3.63, 3.8) is 0 Å². The van der Waals surface area contributed by atoms with Gasteiger partial charge in [0.15, 0.2) is 5.69 Å². The van der Waals surface area contributed by atoms with E-state index in [1.54, 1.807) is 24.3 Å². The van der Waals surface area contributed by atoms with E-state index in [2.05, 4.69) is 15.6 Å². The highest BCUT2D eigenvalue weighted by Gasteiger charge is 2.17. The van der Waals surface area contributed by atoms with Gasteiger partial charge in [0.2, 0.25) is 5.91 Å². The molecule has 24 heavy (non-hydrogen) atoms. The fourth-order valence-electron chi connectivity index (χ4n) is 3.08. The fourth-order valence-corrected chi connectivity index (χ4v) is 3.08. The number of aromatic nitrogens is 3. The van der Waals surface area contributed by atoms with E-state index < -0.39 is 5.97 Å². The molecular weight excluding hydrogens is 308 g/mol. The minimum Gasteiger partial charge on any atom is -0.476 e. The Morgan fingerprint density at radius 3 is 2.75 bits per heavy atom. The normalized spacial score (nSPS) is 15.2. The summed E-state index contributed by atoms with van der Waals surface area (Å²) >= 11 is 0. The van der Waals surface area contributed by atoms with Gasteiger partial charge in [-0.2, -0.15) is 0 Å². The second-order valence-electron chi connectivity index (χ2n) is 6.16. The molecule has 0 atom stereocenters. The average Bonchev–Trinajstić information content (AvgIpc) is 3.06. The number of rotatable bonds is 5. The van der Waals surface area contributed by atoms with E-state index in [4.69, 9.17) is 5.11 Å². The van der Waals surface area contributed by atoms with E-state index in [9.17, 15) is 9.59 Å². The molecule has 0 aliphatic heterocycles. The van der Waals surface area contributed by atoms with Gasteiger partial charge >= 0.3 is 5.97 Å². The smallest absolute Gasteiger partial charge is 0.358 e. The van der Waals surface area contributed by atoms with Crippen LogP contribution in [0.2, 0.25) is 0 Å². The molecule has 3 rings (SSSR count). The van der Waals surface area contributed by atoms with Crippen LogP contribution in [0, 0.1) is 5.92 Å². The van der Waals surface area contributed by atoms with Gasteiger partial charge < -0.3 is 10.4 Å². The molecule has 0 spiro atoms. The summed E-state index contributed by atoms with van der Waals surface area (Å²) in [5, 5.41) is 19.2. The first-order valence-corrected chi connectivity index (χ1v) is 8.18. The first kappa shape index (κ1) is 16.2. The zero-order valence-electron chi connectivity index (χ0n) is 13.3. The topological polar surface area (TPSA) is 97.1 Å². The molecule has 1 aromatic carbocycles. The molecule has 0 saturated heterocycles. The average molecular weight is 328 g/mol. The molecule has 7 heteroatoms. The summed E-state index contributed by atoms with van der Waals surface area (Å²) in [5.74, 6) is -0.627. The van der Waals surface area contributed by atoms with Gasteiger partial charge in [-0.25, -0.2) is 9.48 Å². The number of hydrogen-bond acceptors (Lipinski definition) is 4. The van der Waals surface area contributed by atoms with Crippen molar-refractivity contribution in [2.75, 3.05) is 5.32 Å². The zero-order valence-corrected chi connectivity index (χ0v) is 13.3. The van der Waals surface area contributed by atoms with Crippen molar-refractivity contribution in [1.29, 1.82) is 0 Å². The Bertz CT molecular complexity index is 735. The van der Waals surface area contributed by atoms with E-state index in [0.717, 1.165) is 12.8 Å².